The predicted molar refractivity (Wildman–Crippen MR) is 81.9 cm³/mol. The quantitative estimate of drug-likeness (QED) is 0.578. The smallest absolute Gasteiger partial charge is 0.00513 e. The van der Waals surface area contributed by atoms with Gasteiger partial charge in [-0.1, -0.05) is 34.6 Å². The predicted octanol–water partition coefficient (Wildman–Crippen LogP) is 5.02. The summed E-state index contributed by atoms with van der Waals surface area (Å²) in [4.78, 5) is 0. The molecule has 5 saturated carbocycles. The van der Waals surface area contributed by atoms with Crippen molar-refractivity contribution < 1.29 is 0 Å². The molecule has 0 heteroatoms. The van der Waals surface area contributed by atoms with Crippen LogP contribution < -0.4 is 0 Å². The minimum absolute atomic E-state index is 0.459. The molecule has 0 aromatic carbocycles. The molecule has 5 rings (SSSR count). The topological polar surface area (TPSA) is 0 Å². The highest BCUT2D eigenvalue weighted by Gasteiger charge is 2.76. The fourth-order valence-corrected chi connectivity index (χ4v) is 7.00. The third kappa shape index (κ3) is 1.00. The van der Waals surface area contributed by atoms with Crippen molar-refractivity contribution >= 4 is 0 Å². The standard InChI is InChI=1S/C20H27/c1-18(2)12-6-7-13(18)16-11(12)10-15-17(16)14-8-9-20(15,5)19(14,3)4/h10,12-14H,6-9H2,1-5H3. The van der Waals surface area contributed by atoms with Crippen LogP contribution in [-0.2, 0) is 0 Å². The first-order chi connectivity index (χ1) is 9.30. The van der Waals surface area contributed by atoms with E-state index in [9.17, 15) is 0 Å². The Balaban J connectivity index is 1.60. The number of rotatable bonds is 0. The molecule has 0 aromatic rings. The summed E-state index contributed by atoms with van der Waals surface area (Å²) in [7, 11) is 0. The summed E-state index contributed by atoms with van der Waals surface area (Å²) >= 11 is 0. The average molecular weight is 267 g/mol. The van der Waals surface area contributed by atoms with Crippen molar-refractivity contribution in [2.75, 3.05) is 0 Å². The molecule has 5 radical (unpaired) electrons. The normalized spacial score (nSPS) is 53.0. The van der Waals surface area contributed by atoms with Gasteiger partial charge in [0.2, 0.25) is 0 Å². The molecule has 4 unspecified atom stereocenters. The lowest BCUT2D eigenvalue weighted by Crippen LogP contribution is -2.32. The number of hydrogen-bond donors (Lipinski definition) is 0. The van der Waals surface area contributed by atoms with Crippen LogP contribution in [0.5, 0.6) is 0 Å². The lowest BCUT2D eigenvalue weighted by molar-refractivity contribution is 0.166. The zero-order chi connectivity index (χ0) is 14.1. The second-order valence-corrected chi connectivity index (χ2v) is 9.49. The van der Waals surface area contributed by atoms with Crippen LogP contribution in [0.3, 0.4) is 0 Å². The third-order valence-corrected chi connectivity index (χ3v) is 8.62. The van der Waals surface area contributed by atoms with Gasteiger partial charge in [0, 0.05) is 0 Å². The molecule has 5 aliphatic carbocycles. The van der Waals surface area contributed by atoms with Gasteiger partial charge in [-0.15, -0.1) is 0 Å². The minimum Gasteiger partial charge on any atom is -0.0593 e. The summed E-state index contributed by atoms with van der Waals surface area (Å²) < 4.78 is 0. The van der Waals surface area contributed by atoms with Crippen LogP contribution in [0.25, 0.3) is 0 Å². The summed E-state index contributed by atoms with van der Waals surface area (Å²) in [5.41, 5.74) is 1.48. The first-order valence-electron chi connectivity index (χ1n) is 8.64. The van der Waals surface area contributed by atoms with Gasteiger partial charge in [-0.05, 0) is 89.8 Å². The van der Waals surface area contributed by atoms with Gasteiger partial charge in [0.05, 0.1) is 0 Å². The maximum absolute atomic E-state index is 2.68. The van der Waals surface area contributed by atoms with Crippen LogP contribution in [0.2, 0.25) is 0 Å². The Morgan fingerprint density at radius 3 is 2.30 bits per heavy atom. The van der Waals surface area contributed by atoms with E-state index < -0.39 is 0 Å². The SMILES string of the molecule is CC1(C)C2CCC1[C]1[C]2[CH][C]2[C]1C1CCC2(C)C1(C)C. The van der Waals surface area contributed by atoms with Gasteiger partial charge in [-0.2, -0.15) is 0 Å². The van der Waals surface area contributed by atoms with E-state index in [1.54, 1.807) is 11.8 Å². The fraction of sp³-hybridized carbons (Fsp3) is 0.750. The molecule has 4 atom stereocenters. The lowest BCUT2D eigenvalue weighted by Gasteiger charge is -2.39. The maximum atomic E-state index is 2.68. The molecule has 0 aromatic heterocycles. The largest absolute Gasteiger partial charge is 0.0593 e. The Labute approximate surface area is 125 Å². The van der Waals surface area contributed by atoms with Crippen molar-refractivity contribution in [1.29, 1.82) is 0 Å². The summed E-state index contributed by atoms with van der Waals surface area (Å²) in [6, 6.07) is 0. The average Bonchev–Trinajstić information content (AvgIpc) is 3.03. The monoisotopic (exact) mass is 267 g/mol. The Bertz CT molecular complexity index is 472. The van der Waals surface area contributed by atoms with E-state index >= 15 is 0 Å². The highest BCUT2D eigenvalue weighted by molar-refractivity contribution is 5.69. The molecule has 4 bridgehead atoms. The molecule has 0 saturated heterocycles. The van der Waals surface area contributed by atoms with Crippen molar-refractivity contribution in [2.45, 2.75) is 60.3 Å². The Morgan fingerprint density at radius 2 is 1.55 bits per heavy atom. The minimum atomic E-state index is 0.459. The summed E-state index contributed by atoms with van der Waals surface area (Å²) in [6.07, 6.45) is 8.42. The Hall–Kier alpha value is 0. The van der Waals surface area contributed by atoms with Gasteiger partial charge in [-0.25, -0.2) is 0 Å². The third-order valence-electron chi connectivity index (χ3n) is 8.62. The summed E-state index contributed by atoms with van der Waals surface area (Å²) in [6.45, 7) is 12.7. The van der Waals surface area contributed by atoms with Crippen LogP contribution >= 0.6 is 0 Å². The van der Waals surface area contributed by atoms with Gasteiger partial charge >= 0.3 is 0 Å². The molecule has 0 spiro atoms. The summed E-state index contributed by atoms with van der Waals surface area (Å²) in [5.74, 6) is 9.83. The van der Waals surface area contributed by atoms with E-state index in [1.807, 2.05) is 11.8 Å². The molecule has 5 aliphatic rings. The maximum Gasteiger partial charge on any atom is -0.00513 e. The molecule has 0 amide bonds. The van der Waals surface area contributed by atoms with Gasteiger partial charge in [-0.3, -0.25) is 0 Å². The van der Waals surface area contributed by atoms with E-state index in [0.717, 1.165) is 17.8 Å². The zero-order valence-corrected chi connectivity index (χ0v) is 13.6. The summed E-state index contributed by atoms with van der Waals surface area (Å²) in [5, 5.41) is 0. The van der Waals surface area contributed by atoms with Crippen molar-refractivity contribution in [1.82, 2.24) is 0 Å². The van der Waals surface area contributed by atoms with Gasteiger partial charge in [0.15, 0.2) is 0 Å². The highest BCUT2D eigenvalue weighted by Crippen LogP contribution is 2.84. The molecule has 5 fully saturated rings. The lowest BCUT2D eigenvalue weighted by atomic mass is 9.65. The van der Waals surface area contributed by atoms with E-state index in [1.165, 1.54) is 25.7 Å². The van der Waals surface area contributed by atoms with Gasteiger partial charge < -0.3 is 0 Å². The molecular formula is C20H27. The van der Waals surface area contributed by atoms with E-state index in [-0.39, 0.29) is 0 Å². The van der Waals surface area contributed by atoms with E-state index in [4.69, 9.17) is 0 Å². The molecule has 20 heavy (non-hydrogen) atoms. The van der Waals surface area contributed by atoms with Crippen molar-refractivity contribution in [3.05, 3.63) is 30.1 Å². The molecule has 107 valence electrons. The fourth-order valence-electron chi connectivity index (χ4n) is 7.00. The van der Waals surface area contributed by atoms with Gasteiger partial charge in [0.25, 0.3) is 0 Å². The molecule has 0 heterocycles. The van der Waals surface area contributed by atoms with E-state index in [0.29, 0.717) is 16.2 Å². The van der Waals surface area contributed by atoms with Crippen LogP contribution in [-0.4, -0.2) is 0 Å². The van der Waals surface area contributed by atoms with Crippen LogP contribution in [0.15, 0.2) is 0 Å². The van der Waals surface area contributed by atoms with Gasteiger partial charge in [0.1, 0.15) is 0 Å². The molecular weight excluding hydrogens is 240 g/mol. The van der Waals surface area contributed by atoms with Crippen molar-refractivity contribution in [2.24, 2.45) is 34.0 Å². The first-order valence-corrected chi connectivity index (χ1v) is 8.64. The van der Waals surface area contributed by atoms with Crippen molar-refractivity contribution in [3.8, 4) is 0 Å². The van der Waals surface area contributed by atoms with Crippen LogP contribution in [0, 0.1) is 64.1 Å². The molecule has 0 aliphatic heterocycles. The number of fused-ring (bicyclic) bond motifs is 11. The zero-order valence-electron chi connectivity index (χ0n) is 13.6. The van der Waals surface area contributed by atoms with E-state index in [2.05, 4.69) is 41.0 Å². The van der Waals surface area contributed by atoms with Crippen LogP contribution in [0.1, 0.15) is 60.3 Å². The number of hydrogen-bond acceptors (Lipinski definition) is 0. The Morgan fingerprint density at radius 1 is 0.850 bits per heavy atom. The van der Waals surface area contributed by atoms with Crippen molar-refractivity contribution in [3.63, 3.8) is 0 Å². The Kier molecular flexibility index (Phi) is 1.99. The highest BCUT2D eigenvalue weighted by atomic mass is 14.8. The molecule has 0 nitrogen and oxygen atoms in total. The second kappa shape index (κ2) is 3.18. The van der Waals surface area contributed by atoms with Crippen LogP contribution in [0.4, 0.5) is 0 Å². The molecule has 0 N–H and O–H groups in total. The second-order valence-electron chi connectivity index (χ2n) is 9.49. The first kappa shape index (κ1) is 12.5.